The average molecular weight is 883 g/mol. The van der Waals surface area contributed by atoms with E-state index in [4.69, 9.17) is 4.98 Å². The van der Waals surface area contributed by atoms with E-state index in [0.29, 0.717) is 5.92 Å². The largest absolute Gasteiger partial charge is 0.512 e. The summed E-state index contributed by atoms with van der Waals surface area (Å²) in [6.45, 7) is 24.4. The van der Waals surface area contributed by atoms with Crippen LogP contribution in [-0.2, 0) is 24.9 Å². The number of nitrogens with zero attached hydrogens (tertiary/aromatic N) is 1. The van der Waals surface area contributed by atoms with E-state index < -0.39 is 8.07 Å². The molecule has 1 radical (unpaired) electrons. The van der Waals surface area contributed by atoms with E-state index in [9.17, 15) is 9.90 Å². The molecule has 0 aliphatic carbocycles. The Kier molecular flexibility index (Phi) is 15.0. The summed E-state index contributed by atoms with van der Waals surface area (Å²) >= 11 is 1.87. The monoisotopic (exact) mass is 883 g/mol. The fraction of sp³-hybridized carbons (Fsp3) is 0.409. The first-order valence-electron chi connectivity index (χ1n) is 18.1. The quantitative estimate of drug-likeness (QED) is 0.0622. The van der Waals surface area contributed by atoms with Crippen molar-refractivity contribution in [3.8, 4) is 21.7 Å². The molecule has 6 heteroatoms. The number of hydrogen-bond donors (Lipinski definition) is 1. The number of fused-ring (bicyclic) bond motifs is 2. The maximum Gasteiger partial charge on any atom is 0.162 e. The number of pyridine rings is 1. The van der Waals surface area contributed by atoms with Gasteiger partial charge >= 0.3 is 0 Å². The molecule has 2 heterocycles. The van der Waals surface area contributed by atoms with Crippen LogP contribution >= 0.6 is 11.3 Å². The number of carbonyl (C=O) groups excluding carboxylic acids is 1. The minimum Gasteiger partial charge on any atom is -0.512 e. The number of aryl methyl sites for hydroxylation is 2. The first-order valence-corrected chi connectivity index (χ1v) is 22.5. The molecule has 5 rings (SSSR count). The van der Waals surface area contributed by atoms with Gasteiger partial charge in [0.25, 0.3) is 0 Å². The second kappa shape index (κ2) is 18.0. The molecular weight excluding hydrogens is 827 g/mol. The van der Waals surface area contributed by atoms with Crippen LogP contribution in [0.1, 0.15) is 89.8 Å². The maximum atomic E-state index is 11.7. The molecule has 5 aromatic rings. The van der Waals surface area contributed by atoms with E-state index in [0.717, 1.165) is 42.3 Å². The molecule has 0 bridgehead atoms. The van der Waals surface area contributed by atoms with Gasteiger partial charge in [0.15, 0.2) is 5.78 Å². The van der Waals surface area contributed by atoms with Crippen molar-refractivity contribution in [3.05, 3.63) is 95.4 Å². The molecule has 0 unspecified atom stereocenters. The zero-order chi connectivity index (χ0) is 36.0. The van der Waals surface area contributed by atoms with Crippen LogP contribution in [0.3, 0.4) is 0 Å². The molecule has 0 fully saturated rings. The Bertz CT molecular complexity index is 1940. The fourth-order valence-electron chi connectivity index (χ4n) is 6.62. The molecule has 0 atom stereocenters. The van der Waals surface area contributed by atoms with Crippen molar-refractivity contribution in [1.29, 1.82) is 0 Å². The van der Waals surface area contributed by atoms with Gasteiger partial charge < -0.3 is 5.11 Å². The summed E-state index contributed by atoms with van der Waals surface area (Å²) in [6, 6.07) is 23.8. The van der Waals surface area contributed by atoms with E-state index in [1.54, 1.807) is 0 Å². The van der Waals surface area contributed by atoms with Crippen molar-refractivity contribution in [2.75, 3.05) is 0 Å². The Morgan fingerprint density at radius 2 is 1.54 bits per heavy atom. The van der Waals surface area contributed by atoms with Crippen LogP contribution in [0, 0.1) is 31.7 Å². The topological polar surface area (TPSA) is 50.2 Å². The number of rotatable bonds is 11. The van der Waals surface area contributed by atoms with Crippen LogP contribution in [0.5, 0.6) is 0 Å². The van der Waals surface area contributed by atoms with E-state index >= 15 is 0 Å². The summed E-state index contributed by atoms with van der Waals surface area (Å²) in [4.78, 5) is 18.0. The third-order valence-electron chi connectivity index (χ3n) is 9.96. The van der Waals surface area contributed by atoms with Gasteiger partial charge in [-0.2, -0.15) is 0 Å². The minimum absolute atomic E-state index is 0. The Morgan fingerprint density at radius 1 is 0.900 bits per heavy atom. The summed E-state index contributed by atoms with van der Waals surface area (Å²) in [6.07, 6.45) is 6.86. The molecule has 0 saturated heterocycles. The third-order valence-corrected chi connectivity index (χ3v) is 13.3. The summed E-state index contributed by atoms with van der Waals surface area (Å²) in [5, 5.41) is 15.0. The van der Waals surface area contributed by atoms with Gasteiger partial charge in [-0.05, 0) is 73.6 Å². The van der Waals surface area contributed by atoms with E-state index in [2.05, 4.69) is 108 Å². The number of aliphatic hydroxyl groups excluding tert-OH is 1. The minimum atomic E-state index is -1.34. The van der Waals surface area contributed by atoms with Crippen LogP contribution in [0.2, 0.25) is 19.6 Å². The summed E-state index contributed by atoms with van der Waals surface area (Å²) in [7, 11) is -1.34. The zero-order valence-corrected chi connectivity index (χ0v) is 36.2. The Hall–Kier alpha value is -2.89. The molecular formula is C44H56IrNO2SSi-. The zero-order valence-electron chi connectivity index (χ0n) is 32.0. The average Bonchev–Trinajstić information content (AvgIpc) is 3.41. The number of allylic oxidation sites excluding steroid dienone is 2. The van der Waals surface area contributed by atoms with Crippen molar-refractivity contribution in [1.82, 2.24) is 4.98 Å². The van der Waals surface area contributed by atoms with Crippen LogP contribution < -0.4 is 5.19 Å². The normalized spacial score (nSPS) is 12.1. The van der Waals surface area contributed by atoms with E-state index in [1.165, 1.54) is 53.9 Å². The number of thiophene rings is 1. The molecule has 1 N–H and O–H groups in total. The Morgan fingerprint density at radius 3 is 2.12 bits per heavy atom. The first-order chi connectivity index (χ1) is 23.2. The van der Waals surface area contributed by atoms with Crippen LogP contribution in [-0.4, -0.2) is 23.9 Å². The predicted molar refractivity (Wildman–Crippen MR) is 217 cm³/mol. The van der Waals surface area contributed by atoms with Gasteiger partial charge in [-0.25, -0.2) is 0 Å². The molecule has 3 nitrogen and oxygen atoms in total. The first kappa shape index (κ1) is 41.5. The van der Waals surface area contributed by atoms with Gasteiger partial charge in [-0.3, -0.25) is 9.78 Å². The number of aromatic nitrogens is 1. The van der Waals surface area contributed by atoms with Crippen molar-refractivity contribution in [2.24, 2.45) is 11.8 Å². The van der Waals surface area contributed by atoms with Gasteiger partial charge in [-0.1, -0.05) is 114 Å². The van der Waals surface area contributed by atoms with Gasteiger partial charge in [0.2, 0.25) is 0 Å². The molecule has 0 spiro atoms. The molecule has 3 aromatic carbocycles. The molecule has 0 amide bonds. The second-order valence-corrected chi connectivity index (χ2v) is 20.8. The molecule has 2 aromatic heterocycles. The van der Waals surface area contributed by atoms with Crippen LogP contribution in [0.15, 0.2) is 72.6 Å². The van der Waals surface area contributed by atoms with Gasteiger partial charge in [0, 0.05) is 59.5 Å². The third kappa shape index (κ3) is 9.31. The van der Waals surface area contributed by atoms with Crippen molar-refractivity contribution in [2.45, 2.75) is 107 Å². The number of benzene rings is 3. The predicted octanol–water partition coefficient (Wildman–Crippen LogP) is 12.7. The number of ketones is 1. The smallest absolute Gasteiger partial charge is 0.162 e. The van der Waals surface area contributed by atoms with E-state index in [1.807, 2.05) is 45.2 Å². The Balaban J connectivity index is 0.000000361. The molecule has 0 aliphatic rings. The molecule has 50 heavy (non-hydrogen) atoms. The van der Waals surface area contributed by atoms with Gasteiger partial charge in [0.05, 0.1) is 13.8 Å². The summed E-state index contributed by atoms with van der Waals surface area (Å²) in [5.74, 6) is 0.983. The van der Waals surface area contributed by atoms with Crippen molar-refractivity contribution in [3.63, 3.8) is 0 Å². The van der Waals surface area contributed by atoms with Crippen molar-refractivity contribution >= 4 is 51.2 Å². The van der Waals surface area contributed by atoms with E-state index in [-0.39, 0.29) is 43.5 Å². The molecule has 0 aliphatic heterocycles. The number of hydrogen-bond acceptors (Lipinski definition) is 4. The number of aliphatic hydroxyl groups is 1. The summed E-state index contributed by atoms with van der Waals surface area (Å²) in [5.41, 5.74) is 7.54. The fourth-order valence-corrected chi connectivity index (χ4v) is 9.25. The maximum absolute atomic E-state index is 11.7. The van der Waals surface area contributed by atoms with Crippen LogP contribution in [0.4, 0.5) is 0 Å². The SMILES string of the molecule is CCC(CC)C(=O)/C=C(\O)C(CC)CC.Cc1cc([Si](C)(C)C)ccc1-c1sc2c(-c3[c-]c4ccccc4c(C(C)C)c3)nccc2c1C.[Ir]. The summed E-state index contributed by atoms with van der Waals surface area (Å²) < 4.78 is 1.25. The van der Waals surface area contributed by atoms with Gasteiger partial charge in [-0.15, -0.1) is 40.5 Å². The molecule has 269 valence electrons. The Labute approximate surface area is 320 Å². The van der Waals surface area contributed by atoms with Crippen molar-refractivity contribution < 1.29 is 30.0 Å². The molecule has 0 saturated carbocycles. The standard InChI is InChI=1S/C31H32NSSi.C13H24O2.Ir/c1-19(2)28-18-23(17-22-10-8-9-11-27(22)28)29-31-26(14-15-32-29)21(4)30(33-31)25-13-12-24(16-20(25)3)34(5,6)7;1-5-10(6-2)12(14)9-13(15)11(7-3)8-4;/h8-16,18-19H,1-7H3;9-11,14H,5-8H2,1-4H3;/q-1;;/b;12-9-;. The second-order valence-electron chi connectivity index (χ2n) is 14.7. The van der Waals surface area contributed by atoms with Crippen LogP contribution in [0.25, 0.3) is 42.6 Å². The van der Waals surface area contributed by atoms with Gasteiger partial charge in [0.1, 0.15) is 0 Å². The number of carbonyl (C=O) groups is 1.